The van der Waals surface area contributed by atoms with Gasteiger partial charge in [-0.25, -0.2) is 0 Å². The van der Waals surface area contributed by atoms with Crippen molar-refractivity contribution in [1.82, 2.24) is 10.2 Å². The number of nitrogens with zero attached hydrogens (tertiary/aromatic N) is 1. The molecule has 1 heterocycles. The Balaban J connectivity index is 2.32. The van der Waals surface area contributed by atoms with Gasteiger partial charge in [0.2, 0.25) is 5.91 Å². The number of piperidine rings is 1. The molecule has 0 aromatic heterocycles. The van der Waals surface area contributed by atoms with E-state index < -0.39 is 0 Å². The molecular formula is C15H30N2O2. The van der Waals surface area contributed by atoms with Crippen molar-refractivity contribution in [1.29, 1.82) is 0 Å². The lowest BCUT2D eigenvalue weighted by atomic mass is 9.97. The molecule has 0 aromatic carbocycles. The fraction of sp³-hybridized carbons (Fsp3) is 0.933. The minimum absolute atomic E-state index is 0.123. The maximum atomic E-state index is 11.9. The fourth-order valence-electron chi connectivity index (χ4n) is 2.67. The van der Waals surface area contributed by atoms with Gasteiger partial charge in [0.15, 0.2) is 0 Å². The first-order chi connectivity index (χ1) is 8.99. The first-order valence-corrected chi connectivity index (χ1v) is 7.68. The van der Waals surface area contributed by atoms with E-state index in [-0.39, 0.29) is 12.0 Å². The Morgan fingerprint density at radius 3 is 2.74 bits per heavy atom. The number of aliphatic hydroxyl groups excluding tert-OH is 1. The largest absolute Gasteiger partial charge is 0.393 e. The first kappa shape index (κ1) is 16.4. The zero-order valence-corrected chi connectivity index (χ0v) is 12.7. The van der Waals surface area contributed by atoms with Crippen LogP contribution in [0.15, 0.2) is 0 Å². The lowest BCUT2D eigenvalue weighted by Gasteiger charge is -2.35. The summed E-state index contributed by atoms with van der Waals surface area (Å²) in [5.41, 5.74) is 0. The number of carbonyl (C=O) groups excluding carboxylic acids is 1. The molecule has 1 saturated heterocycles. The predicted molar refractivity (Wildman–Crippen MR) is 78.0 cm³/mol. The average Bonchev–Trinajstić information content (AvgIpc) is 2.30. The molecule has 2 unspecified atom stereocenters. The maximum absolute atomic E-state index is 11.9. The molecule has 0 aliphatic carbocycles. The summed E-state index contributed by atoms with van der Waals surface area (Å²) in [6.07, 6.45) is 5.00. The van der Waals surface area contributed by atoms with Crippen molar-refractivity contribution in [2.24, 2.45) is 5.92 Å². The molecule has 0 saturated carbocycles. The maximum Gasteiger partial charge on any atom is 0.234 e. The summed E-state index contributed by atoms with van der Waals surface area (Å²) in [6.45, 7) is 8.39. The molecule has 1 amide bonds. The van der Waals surface area contributed by atoms with Gasteiger partial charge in [-0.05, 0) is 45.1 Å². The number of carbonyl (C=O) groups is 1. The van der Waals surface area contributed by atoms with Crippen LogP contribution in [0.2, 0.25) is 0 Å². The van der Waals surface area contributed by atoms with Crippen LogP contribution in [-0.4, -0.2) is 47.7 Å². The Kier molecular flexibility index (Phi) is 7.39. The van der Waals surface area contributed by atoms with Gasteiger partial charge in [0.25, 0.3) is 0 Å². The van der Waals surface area contributed by atoms with E-state index in [0.717, 1.165) is 38.8 Å². The van der Waals surface area contributed by atoms with E-state index in [1.165, 1.54) is 6.42 Å². The van der Waals surface area contributed by atoms with E-state index in [9.17, 15) is 9.90 Å². The molecule has 4 nitrogen and oxygen atoms in total. The summed E-state index contributed by atoms with van der Waals surface area (Å²) in [6, 6.07) is 0.365. The number of amides is 1. The molecule has 2 atom stereocenters. The zero-order chi connectivity index (χ0) is 14.3. The van der Waals surface area contributed by atoms with Crippen molar-refractivity contribution in [3.63, 3.8) is 0 Å². The average molecular weight is 270 g/mol. The SMILES string of the molecule is CC(C)CCNC(=O)CN1CCCCC1CC(C)O. The molecule has 0 aromatic rings. The van der Waals surface area contributed by atoms with Gasteiger partial charge >= 0.3 is 0 Å². The fourth-order valence-corrected chi connectivity index (χ4v) is 2.67. The molecule has 1 rings (SSSR count). The van der Waals surface area contributed by atoms with Gasteiger partial charge in [0, 0.05) is 12.6 Å². The molecule has 4 heteroatoms. The number of rotatable bonds is 7. The highest BCUT2D eigenvalue weighted by atomic mass is 16.3. The number of nitrogens with one attached hydrogen (secondary N) is 1. The van der Waals surface area contributed by atoms with Gasteiger partial charge in [-0.1, -0.05) is 20.3 Å². The van der Waals surface area contributed by atoms with Crippen molar-refractivity contribution in [2.75, 3.05) is 19.6 Å². The third-order valence-electron chi connectivity index (χ3n) is 3.75. The summed E-state index contributed by atoms with van der Waals surface area (Å²) in [5, 5.41) is 12.5. The second-order valence-corrected chi connectivity index (χ2v) is 6.24. The molecule has 0 radical (unpaired) electrons. The molecule has 1 fully saturated rings. The first-order valence-electron chi connectivity index (χ1n) is 7.68. The normalized spacial score (nSPS) is 22.5. The standard InChI is InChI=1S/C15H30N2O2/c1-12(2)7-8-16-15(19)11-17-9-5-4-6-14(17)10-13(3)18/h12-14,18H,4-11H2,1-3H3,(H,16,19). The molecule has 2 N–H and O–H groups in total. The number of hydrogen-bond donors (Lipinski definition) is 2. The van der Waals surface area contributed by atoms with Crippen LogP contribution in [-0.2, 0) is 4.79 Å². The van der Waals surface area contributed by atoms with E-state index in [1.807, 2.05) is 6.92 Å². The van der Waals surface area contributed by atoms with E-state index >= 15 is 0 Å². The Morgan fingerprint density at radius 1 is 1.37 bits per heavy atom. The third-order valence-corrected chi connectivity index (χ3v) is 3.75. The van der Waals surface area contributed by atoms with Crippen LogP contribution in [0.25, 0.3) is 0 Å². The number of aliphatic hydroxyl groups is 1. The molecule has 1 aliphatic heterocycles. The van der Waals surface area contributed by atoms with Crippen LogP contribution in [0.5, 0.6) is 0 Å². The topological polar surface area (TPSA) is 52.6 Å². The quantitative estimate of drug-likeness (QED) is 0.741. The van der Waals surface area contributed by atoms with Gasteiger partial charge in [0.1, 0.15) is 0 Å². The predicted octanol–water partition coefficient (Wildman–Crippen LogP) is 1.77. The summed E-state index contributed by atoms with van der Waals surface area (Å²) in [5.74, 6) is 0.747. The molecule has 0 spiro atoms. The zero-order valence-electron chi connectivity index (χ0n) is 12.7. The Bertz CT molecular complexity index is 267. The summed E-state index contributed by atoms with van der Waals surface area (Å²) in [7, 11) is 0. The highest BCUT2D eigenvalue weighted by molar-refractivity contribution is 5.78. The minimum Gasteiger partial charge on any atom is -0.393 e. The van der Waals surface area contributed by atoms with E-state index in [0.29, 0.717) is 18.5 Å². The van der Waals surface area contributed by atoms with Crippen LogP contribution in [0, 0.1) is 5.92 Å². The van der Waals surface area contributed by atoms with Gasteiger partial charge in [-0.3, -0.25) is 9.69 Å². The summed E-state index contributed by atoms with van der Waals surface area (Å²) < 4.78 is 0. The van der Waals surface area contributed by atoms with Crippen molar-refractivity contribution in [2.45, 2.75) is 65.0 Å². The Morgan fingerprint density at radius 2 is 2.11 bits per heavy atom. The molecule has 112 valence electrons. The lowest BCUT2D eigenvalue weighted by Crippen LogP contribution is -2.46. The van der Waals surface area contributed by atoms with E-state index in [4.69, 9.17) is 0 Å². The summed E-state index contributed by atoms with van der Waals surface area (Å²) >= 11 is 0. The molecule has 1 aliphatic rings. The van der Waals surface area contributed by atoms with E-state index in [2.05, 4.69) is 24.1 Å². The van der Waals surface area contributed by atoms with Crippen molar-refractivity contribution in [3.8, 4) is 0 Å². The van der Waals surface area contributed by atoms with Crippen LogP contribution < -0.4 is 5.32 Å². The van der Waals surface area contributed by atoms with Gasteiger partial charge in [-0.15, -0.1) is 0 Å². The van der Waals surface area contributed by atoms with Crippen molar-refractivity contribution >= 4 is 5.91 Å². The smallest absolute Gasteiger partial charge is 0.234 e. The molecule has 0 bridgehead atoms. The third kappa shape index (κ3) is 6.92. The van der Waals surface area contributed by atoms with Crippen LogP contribution >= 0.6 is 0 Å². The molecule has 19 heavy (non-hydrogen) atoms. The van der Waals surface area contributed by atoms with Gasteiger partial charge < -0.3 is 10.4 Å². The van der Waals surface area contributed by atoms with Gasteiger partial charge in [-0.2, -0.15) is 0 Å². The highest BCUT2D eigenvalue weighted by Crippen LogP contribution is 2.20. The highest BCUT2D eigenvalue weighted by Gasteiger charge is 2.25. The number of hydrogen-bond acceptors (Lipinski definition) is 3. The Labute approximate surface area is 117 Å². The van der Waals surface area contributed by atoms with Gasteiger partial charge in [0.05, 0.1) is 12.6 Å². The van der Waals surface area contributed by atoms with Crippen molar-refractivity contribution in [3.05, 3.63) is 0 Å². The van der Waals surface area contributed by atoms with Crippen LogP contribution in [0.4, 0.5) is 0 Å². The minimum atomic E-state index is -0.283. The van der Waals surface area contributed by atoms with E-state index in [1.54, 1.807) is 0 Å². The monoisotopic (exact) mass is 270 g/mol. The van der Waals surface area contributed by atoms with Crippen LogP contribution in [0.3, 0.4) is 0 Å². The lowest BCUT2D eigenvalue weighted by molar-refractivity contribution is -0.123. The molecular weight excluding hydrogens is 240 g/mol. The summed E-state index contributed by atoms with van der Waals surface area (Å²) in [4.78, 5) is 14.1. The van der Waals surface area contributed by atoms with Crippen molar-refractivity contribution < 1.29 is 9.90 Å². The second-order valence-electron chi connectivity index (χ2n) is 6.24. The Hall–Kier alpha value is -0.610. The van der Waals surface area contributed by atoms with Crippen LogP contribution in [0.1, 0.15) is 52.9 Å². The number of likely N-dealkylation sites (tertiary alicyclic amines) is 1. The second kappa shape index (κ2) is 8.54.